The largest absolute Gasteiger partial charge is 0.335 e. The first-order valence-electron chi connectivity index (χ1n) is 10.8. The summed E-state index contributed by atoms with van der Waals surface area (Å²) in [5, 5.41) is 4.78. The lowest BCUT2D eigenvalue weighted by Gasteiger charge is -2.26. The fraction of sp³-hybridized carbons (Fsp3) is 0.0357. The molecule has 1 N–H and O–H groups in total. The van der Waals surface area contributed by atoms with Crippen LogP contribution in [0, 0.1) is 0 Å². The highest BCUT2D eigenvalue weighted by molar-refractivity contribution is 9.10. The lowest BCUT2D eigenvalue weighted by atomic mass is 9.92. The minimum atomic E-state index is -0.784. The number of barbiturate groups is 1. The molecule has 5 rings (SSSR count). The average molecular weight is 546 g/mol. The molecule has 5 nitrogen and oxygen atoms in total. The molecule has 172 valence electrons. The van der Waals surface area contributed by atoms with E-state index in [1.807, 2.05) is 60.7 Å². The van der Waals surface area contributed by atoms with Gasteiger partial charge in [-0.2, -0.15) is 0 Å². The fourth-order valence-corrected chi connectivity index (χ4v) is 4.61. The Kier molecular flexibility index (Phi) is 6.24. The van der Waals surface area contributed by atoms with Crippen LogP contribution in [-0.4, -0.2) is 17.8 Å². The smallest absolute Gasteiger partial charge is 0.273 e. The zero-order valence-electron chi connectivity index (χ0n) is 18.3. The number of hydrogen-bond donors (Lipinski definition) is 1. The van der Waals surface area contributed by atoms with Crippen LogP contribution in [0.2, 0.25) is 5.02 Å². The second-order valence-corrected chi connectivity index (χ2v) is 9.38. The fourth-order valence-electron chi connectivity index (χ4n) is 4.14. The monoisotopic (exact) mass is 544 g/mol. The minimum Gasteiger partial charge on any atom is -0.273 e. The summed E-state index contributed by atoms with van der Waals surface area (Å²) >= 11 is 9.77. The topological polar surface area (TPSA) is 66.5 Å². The predicted molar refractivity (Wildman–Crippen MR) is 141 cm³/mol. The Morgan fingerprint density at radius 3 is 2.31 bits per heavy atom. The molecule has 1 fully saturated rings. The number of halogens is 2. The van der Waals surface area contributed by atoms with Gasteiger partial charge in [-0.05, 0) is 70.3 Å². The lowest BCUT2D eigenvalue weighted by molar-refractivity contribution is -0.122. The molecule has 0 aromatic heterocycles. The normalized spacial score (nSPS) is 15.1. The summed E-state index contributed by atoms with van der Waals surface area (Å²) in [7, 11) is 0. The van der Waals surface area contributed by atoms with Gasteiger partial charge >= 0.3 is 6.03 Å². The first-order chi connectivity index (χ1) is 16.9. The van der Waals surface area contributed by atoms with Crippen molar-refractivity contribution in [2.75, 3.05) is 4.90 Å². The molecule has 0 saturated carbocycles. The van der Waals surface area contributed by atoms with Crippen LogP contribution in [0.1, 0.15) is 16.7 Å². The number of benzene rings is 4. The molecule has 4 aromatic rings. The minimum absolute atomic E-state index is 0.121. The van der Waals surface area contributed by atoms with Crippen molar-refractivity contribution in [1.29, 1.82) is 0 Å². The van der Waals surface area contributed by atoms with Crippen LogP contribution in [0.4, 0.5) is 10.5 Å². The average Bonchev–Trinajstić information content (AvgIpc) is 2.85. The Labute approximate surface area is 215 Å². The van der Waals surface area contributed by atoms with Crippen molar-refractivity contribution >= 4 is 67.9 Å². The van der Waals surface area contributed by atoms with Gasteiger partial charge in [0.25, 0.3) is 11.8 Å². The number of nitrogens with one attached hydrogen (secondary N) is 1. The SMILES string of the molecule is O=C1NC(=O)N(c2ccc(Br)cc2)C(=O)/C1=C/c1c(Cc2ccccc2Cl)ccc2ccccc12. The highest BCUT2D eigenvalue weighted by Gasteiger charge is 2.37. The second-order valence-electron chi connectivity index (χ2n) is 8.06. The predicted octanol–water partition coefficient (Wildman–Crippen LogP) is 6.51. The van der Waals surface area contributed by atoms with Gasteiger partial charge in [0.2, 0.25) is 0 Å². The third kappa shape index (κ3) is 4.50. The van der Waals surface area contributed by atoms with Crippen LogP contribution in [0.5, 0.6) is 0 Å². The number of hydrogen-bond acceptors (Lipinski definition) is 3. The maximum absolute atomic E-state index is 13.4. The Balaban J connectivity index is 1.65. The van der Waals surface area contributed by atoms with E-state index in [-0.39, 0.29) is 5.57 Å². The molecule has 35 heavy (non-hydrogen) atoms. The molecule has 0 unspecified atom stereocenters. The van der Waals surface area contributed by atoms with Crippen molar-refractivity contribution in [1.82, 2.24) is 5.32 Å². The molecule has 0 radical (unpaired) electrons. The summed E-state index contributed by atoms with van der Waals surface area (Å²) in [6.07, 6.45) is 2.08. The van der Waals surface area contributed by atoms with Crippen LogP contribution >= 0.6 is 27.5 Å². The number of urea groups is 1. The van der Waals surface area contributed by atoms with Gasteiger partial charge in [0, 0.05) is 9.50 Å². The highest BCUT2D eigenvalue weighted by Crippen LogP contribution is 2.30. The number of rotatable bonds is 4. The standard InChI is InChI=1S/C28H18BrClN2O3/c29-20-11-13-21(14-12-20)32-27(34)24(26(33)31-28(32)35)16-23-18(15-19-6-2-4-8-25(19)30)10-9-17-5-1-3-7-22(17)23/h1-14,16H,15H2,(H,31,33,35)/b24-16+. The van der Waals surface area contributed by atoms with Crippen LogP contribution in [0.3, 0.4) is 0 Å². The summed E-state index contributed by atoms with van der Waals surface area (Å²) in [4.78, 5) is 39.8. The molecule has 7 heteroatoms. The van der Waals surface area contributed by atoms with Gasteiger partial charge in [0.05, 0.1) is 5.69 Å². The summed E-state index contributed by atoms with van der Waals surface area (Å²) in [5.74, 6) is -1.41. The Morgan fingerprint density at radius 2 is 1.54 bits per heavy atom. The number of amides is 4. The van der Waals surface area contributed by atoms with Crippen molar-refractivity contribution in [3.63, 3.8) is 0 Å². The molecule has 0 bridgehead atoms. The van der Waals surface area contributed by atoms with Crippen LogP contribution < -0.4 is 10.2 Å². The first kappa shape index (κ1) is 23.0. The van der Waals surface area contributed by atoms with Gasteiger partial charge in [-0.3, -0.25) is 14.9 Å². The van der Waals surface area contributed by atoms with E-state index in [4.69, 9.17) is 11.6 Å². The van der Waals surface area contributed by atoms with E-state index in [0.717, 1.165) is 36.8 Å². The molecule has 1 aliphatic heterocycles. The van der Waals surface area contributed by atoms with Gasteiger partial charge in [-0.1, -0.05) is 82.1 Å². The number of nitrogens with zero attached hydrogens (tertiary/aromatic N) is 1. The van der Waals surface area contributed by atoms with Crippen molar-refractivity contribution in [3.8, 4) is 0 Å². The van der Waals surface area contributed by atoms with Crippen molar-refractivity contribution in [2.24, 2.45) is 0 Å². The Hall–Kier alpha value is -3.74. The zero-order valence-corrected chi connectivity index (χ0v) is 20.6. The summed E-state index contributed by atoms with van der Waals surface area (Å²) in [6, 6.07) is 25.2. The van der Waals surface area contributed by atoms with Gasteiger partial charge < -0.3 is 0 Å². The highest BCUT2D eigenvalue weighted by atomic mass is 79.9. The molecule has 0 atom stereocenters. The number of carbonyl (C=O) groups excluding carboxylic acids is 3. The van der Waals surface area contributed by atoms with E-state index >= 15 is 0 Å². The molecule has 1 heterocycles. The molecule has 0 aliphatic carbocycles. The number of imide groups is 2. The Morgan fingerprint density at radius 1 is 0.829 bits per heavy atom. The van der Waals surface area contributed by atoms with Gasteiger partial charge in [-0.15, -0.1) is 0 Å². The van der Waals surface area contributed by atoms with E-state index in [9.17, 15) is 14.4 Å². The van der Waals surface area contributed by atoms with E-state index in [1.165, 1.54) is 0 Å². The van der Waals surface area contributed by atoms with Gasteiger partial charge in [0.1, 0.15) is 5.57 Å². The van der Waals surface area contributed by atoms with Crippen molar-refractivity contribution in [2.45, 2.75) is 6.42 Å². The van der Waals surface area contributed by atoms with E-state index in [2.05, 4.69) is 21.2 Å². The number of fused-ring (bicyclic) bond motifs is 1. The molecule has 1 aliphatic rings. The summed E-state index contributed by atoms with van der Waals surface area (Å²) < 4.78 is 0.804. The third-order valence-corrected chi connectivity index (χ3v) is 6.77. The Bertz CT molecular complexity index is 1530. The summed E-state index contributed by atoms with van der Waals surface area (Å²) in [6.45, 7) is 0. The maximum atomic E-state index is 13.4. The molecular formula is C28H18BrClN2O3. The van der Waals surface area contributed by atoms with Crippen molar-refractivity contribution in [3.05, 3.63) is 117 Å². The maximum Gasteiger partial charge on any atom is 0.335 e. The molecule has 4 aromatic carbocycles. The second kappa shape index (κ2) is 9.49. The quantitative estimate of drug-likeness (QED) is 0.235. The van der Waals surface area contributed by atoms with Crippen LogP contribution in [-0.2, 0) is 16.0 Å². The molecule has 0 spiro atoms. The summed E-state index contributed by atoms with van der Waals surface area (Å²) in [5.41, 5.74) is 2.80. The van der Waals surface area contributed by atoms with Gasteiger partial charge in [0.15, 0.2) is 0 Å². The lowest BCUT2D eigenvalue weighted by Crippen LogP contribution is -2.54. The number of carbonyl (C=O) groups is 3. The van der Waals surface area contributed by atoms with E-state index in [1.54, 1.807) is 30.3 Å². The number of anilines is 1. The van der Waals surface area contributed by atoms with Crippen LogP contribution in [0.15, 0.2) is 95.0 Å². The molecule has 1 saturated heterocycles. The van der Waals surface area contributed by atoms with E-state index in [0.29, 0.717) is 17.1 Å². The van der Waals surface area contributed by atoms with Crippen LogP contribution in [0.25, 0.3) is 16.8 Å². The first-order valence-corrected chi connectivity index (χ1v) is 12.0. The van der Waals surface area contributed by atoms with Gasteiger partial charge in [-0.25, -0.2) is 9.69 Å². The zero-order chi connectivity index (χ0) is 24.5. The molecular weight excluding hydrogens is 528 g/mol. The van der Waals surface area contributed by atoms with E-state index < -0.39 is 17.8 Å². The molecule has 4 amide bonds. The third-order valence-electron chi connectivity index (χ3n) is 5.87. The van der Waals surface area contributed by atoms with Crippen molar-refractivity contribution < 1.29 is 14.4 Å².